The molecule has 0 amide bonds. The number of hydrogen-bond donors (Lipinski definition) is 1. The van der Waals surface area contributed by atoms with Gasteiger partial charge in [0.05, 0.1) is 22.4 Å². The SMILES string of the molecule is COCC(C)Nc1nc(N(C)C)c(C#N)c(C)c1N=Nc1ncn(-c2nc3ccc(C(C)=O)cc3s2)n1. The van der Waals surface area contributed by atoms with Crippen molar-refractivity contribution in [3.63, 3.8) is 0 Å². The number of thiazole rings is 1. The molecule has 4 aromatic rings. The van der Waals surface area contributed by atoms with Crippen LogP contribution < -0.4 is 10.2 Å². The number of carbonyl (C=O) groups excluding carboxylic acids is 1. The molecule has 0 aliphatic carbocycles. The van der Waals surface area contributed by atoms with Crippen molar-refractivity contribution < 1.29 is 9.53 Å². The van der Waals surface area contributed by atoms with E-state index in [0.717, 1.165) is 10.2 Å². The molecule has 3 heterocycles. The van der Waals surface area contributed by atoms with Crippen molar-refractivity contribution in [3.05, 3.63) is 41.2 Å². The second-order valence-electron chi connectivity index (χ2n) is 8.56. The lowest BCUT2D eigenvalue weighted by Crippen LogP contribution is -2.23. The molecule has 1 N–H and O–H groups in total. The Hall–Kier alpha value is -4.28. The van der Waals surface area contributed by atoms with Crippen LogP contribution in [0.15, 0.2) is 34.8 Å². The maximum Gasteiger partial charge on any atom is 0.287 e. The number of anilines is 2. The summed E-state index contributed by atoms with van der Waals surface area (Å²) >= 11 is 1.39. The Bertz CT molecular complexity index is 1530. The zero-order valence-electron chi connectivity index (χ0n) is 21.3. The summed E-state index contributed by atoms with van der Waals surface area (Å²) in [6, 6.07) is 7.53. The first-order valence-corrected chi connectivity index (χ1v) is 12.2. The summed E-state index contributed by atoms with van der Waals surface area (Å²) in [4.78, 5) is 26.9. The number of nitrogens with one attached hydrogen (secondary N) is 1. The lowest BCUT2D eigenvalue weighted by molar-refractivity contribution is 0.101. The van der Waals surface area contributed by atoms with E-state index in [1.807, 2.05) is 33.2 Å². The van der Waals surface area contributed by atoms with E-state index in [1.165, 1.54) is 29.3 Å². The van der Waals surface area contributed by atoms with Crippen molar-refractivity contribution in [2.75, 3.05) is 38.0 Å². The number of fused-ring (bicyclic) bond motifs is 1. The zero-order chi connectivity index (χ0) is 26.7. The number of carbonyl (C=O) groups is 1. The molecule has 0 aliphatic rings. The second-order valence-corrected chi connectivity index (χ2v) is 9.57. The van der Waals surface area contributed by atoms with Crippen LogP contribution in [-0.4, -0.2) is 64.4 Å². The molecule has 12 nitrogen and oxygen atoms in total. The molecular weight excluding hydrogens is 492 g/mol. The van der Waals surface area contributed by atoms with Gasteiger partial charge in [-0.05, 0) is 39.0 Å². The maximum absolute atomic E-state index is 11.7. The van der Waals surface area contributed by atoms with Crippen LogP contribution in [0.1, 0.15) is 35.3 Å². The van der Waals surface area contributed by atoms with Gasteiger partial charge >= 0.3 is 0 Å². The summed E-state index contributed by atoms with van der Waals surface area (Å²) in [5.41, 5.74) is 2.83. The van der Waals surface area contributed by atoms with E-state index >= 15 is 0 Å². The summed E-state index contributed by atoms with van der Waals surface area (Å²) in [6.45, 7) is 5.74. The van der Waals surface area contributed by atoms with E-state index < -0.39 is 0 Å². The fourth-order valence-electron chi connectivity index (χ4n) is 3.60. The molecule has 1 atom stereocenters. The molecule has 0 fully saturated rings. The zero-order valence-corrected chi connectivity index (χ0v) is 22.2. The summed E-state index contributed by atoms with van der Waals surface area (Å²) < 4.78 is 7.61. The van der Waals surface area contributed by atoms with Gasteiger partial charge in [-0.3, -0.25) is 4.79 Å². The Kier molecular flexibility index (Phi) is 7.51. The highest BCUT2D eigenvalue weighted by atomic mass is 32.1. The number of ketones is 1. The second kappa shape index (κ2) is 10.8. The van der Waals surface area contributed by atoms with E-state index in [9.17, 15) is 10.1 Å². The fraction of sp³-hybridized carbons (Fsp3) is 0.333. The third-order valence-electron chi connectivity index (χ3n) is 5.43. The summed E-state index contributed by atoms with van der Waals surface area (Å²) in [5.74, 6) is 1.11. The minimum atomic E-state index is -0.0614. The molecule has 13 heteroatoms. The number of Topliss-reactive ketones (excluding diaryl/α,β-unsaturated/α-hetero) is 1. The van der Waals surface area contributed by atoms with E-state index in [-0.39, 0.29) is 17.8 Å². The number of methoxy groups -OCH3 is 1. The standard InChI is InChI=1S/C24H26N10O2S/c1-13(11-36-6)27-21-20(14(2)17(10-25)22(29-21)33(4)5)30-31-23-26-12-34(32-23)24-28-18-8-7-16(15(3)35)9-19(18)37-24/h7-9,12-13H,11H2,1-6H3,(H,27,29). The molecule has 0 aliphatic heterocycles. The van der Waals surface area contributed by atoms with Gasteiger partial charge in [-0.15, -0.1) is 15.3 Å². The molecule has 0 spiro atoms. The van der Waals surface area contributed by atoms with Gasteiger partial charge in [0.2, 0.25) is 5.13 Å². The molecule has 0 bridgehead atoms. The van der Waals surface area contributed by atoms with Gasteiger partial charge in [0.15, 0.2) is 11.6 Å². The number of nitriles is 1. The molecule has 37 heavy (non-hydrogen) atoms. The molecule has 3 aromatic heterocycles. The first kappa shape index (κ1) is 25.8. The normalized spacial score (nSPS) is 12.1. The molecular formula is C24H26N10O2S. The molecule has 0 saturated carbocycles. The first-order valence-electron chi connectivity index (χ1n) is 11.3. The van der Waals surface area contributed by atoms with Crippen LogP contribution in [0.2, 0.25) is 0 Å². The van der Waals surface area contributed by atoms with Gasteiger partial charge in [-0.25, -0.2) is 9.97 Å². The molecule has 0 saturated heterocycles. The molecule has 1 aromatic carbocycles. The lowest BCUT2D eigenvalue weighted by atomic mass is 10.1. The number of benzene rings is 1. The monoisotopic (exact) mass is 518 g/mol. The molecule has 1 unspecified atom stereocenters. The predicted molar refractivity (Wildman–Crippen MR) is 142 cm³/mol. The Labute approximate surface area is 217 Å². The maximum atomic E-state index is 11.7. The lowest BCUT2D eigenvalue weighted by Gasteiger charge is -2.20. The van der Waals surface area contributed by atoms with Gasteiger partial charge in [-0.1, -0.05) is 11.3 Å². The van der Waals surface area contributed by atoms with E-state index in [4.69, 9.17) is 4.74 Å². The van der Waals surface area contributed by atoms with Crippen molar-refractivity contribution in [2.45, 2.75) is 26.8 Å². The van der Waals surface area contributed by atoms with Crippen LogP contribution in [0.5, 0.6) is 0 Å². The van der Waals surface area contributed by atoms with Gasteiger partial charge in [0.1, 0.15) is 23.9 Å². The quantitative estimate of drug-likeness (QED) is 0.248. The van der Waals surface area contributed by atoms with E-state index in [2.05, 4.69) is 41.7 Å². The topological polar surface area (TPSA) is 147 Å². The van der Waals surface area contributed by atoms with Crippen LogP contribution in [-0.2, 0) is 4.74 Å². The third kappa shape index (κ3) is 5.45. The van der Waals surface area contributed by atoms with Gasteiger partial charge in [-0.2, -0.15) is 14.9 Å². The van der Waals surface area contributed by atoms with Gasteiger partial charge < -0.3 is 15.0 Å². The van der Waals surface area contributed by atoms with Crippen LogP contribution >= 0.6 is 11.3 Å². The Morgan fingerprint density at radius 3 is 2.78 bits per heavy atom. The largest absolute Gasteiger partial charge is 0.383 e. The average molecular weight is 519 g/mol. The summed E-state index contributed by atoms with van der Waals surface area (Å²) in [7, 11) is 5.27. The molecule has 4 rings (SSSR count). The Morgan fingerprint density at radius 1 is 1.32 bits per heavy atom. The highest BCUT2D eigenvalue weighted by Gasteiger charge is 2.20. The van der Waals surface area contributed by atoms with Crippen LogP contribution in [0.4, 0.5) is 23.3 Å². The Balaban J connectivity index is 1.68. The Morgan fingerprint density at radius 2 is 2.11 bits per heavy atom. The van der Waals surface area contributed by atoms with Crippen molar-refractivity contribution in [1.82, 2.24) is 24.7 Å². The minimum absolute atomic E-state index is 0.00581. The number of nitrogens with zero attached hydrogens (tertiary/aromatic N) is 9. The summed E-state index contributed by atoms with van der Waals surface area (Å²) in [5, 5.41) is 26.6. The highest BCUT2D eigenvalue weighted by Crippen LogP contribution is 2.35. The van der Waals surface area contributed by atoms with Gasteiger partial charge in [0, 0.05) is 38.4 Å². The number of azo groups is 1. The number of pyridine rings is 1. The van der Waals surface area contributed by atoms with Crippen LogP contribution in [0.3, 0.4) is 0 Å². The number of ether oxygens (including phenoxy) is 1. The van der Waals surface area contributed by atoms with E-state index in [0.29, 0.717) is 45.8 Å². The summed E-state index contributed by atoms with van der Waals surface area (Å²) in [6.07, 6.45) is 1.50. The number of aromatic nitrogens is 5. The van der Waals surface area contributed by atoms with Crippen LogP contribution in [0.25, 0.3) is 15.3 Å². The fourth-order valence-corrected chi connectivity index (χ4v) is 4.53. The van der Waals surface area contributed by atoms with Crippen molar-refractivity contribution in [3.8, 4) is 11.2 Å². The number of rotatable bonds is 9. The molecule has 0 radical (unpaired) electrons. The predicted octanol–water partition coefficient (Wildman–Crippen LogP) is 4.58. The third-order valence-corrected chi connectivity index (χ3v) is 6.44. The van der Waals surface area contributed by atoms with E-state index in [1.54, 1.807) is 25.0 Å². The van der Waals surface area contributed by atoms with Gasteiger partial charge in [0.25, 0.3) is 5.95 Å². The minimum Gasteiger partial charge on any atom is -0.383 e. The van der Waals surface area contributed by atoms with Crippen molar-refractivity contribution in [1.29, 1.82) is 5.26 Å². The van der Waals surface area contributed by atoms with Crippen molar-refractivity contribution in [2.24, 2.45) is 10.2 Å². The van der Waals surface area contributed by atoms with Crippen molar-refractivity contribution >= 4 is 50.6 Å². The smallest absolute Gasteiger partial charge is 0.287 e. The average Bonchev–Trinajstić information content (AvgIpc) is 3.50. The van der Waals surface area contributed by atoms with Crippen LogP contribution in [0, 0.1) is 18.3 Å². The molecule has 190 valence electrons. The highest BCUT2D eigenvalue weighted by molar-refractivity contribution is 7.20. The number of hydrogen-bond acceptors (Lipinski definition) is 12. The first-order chi connectivity index (χ1) is 17.7.